The number of carbonyl (C=O) groups is 1. The van der Waals surface area contributed by atoms with E-state index in [9.17, 15) is 4.79 Å². The van der Waals surface area contributed by atoms with E-state index < -0.39 is 57.5 Å². The van der Waals surface area contributed by atoms with Crippen LogP contribution in [0, 0.1) is 0 Å². The van der Waals surface area contributed by atoms with Crippen LogP contribution in [0.1, 0.15) is 6.92 Å². The average molecular weight is 374 g/mol. The smallest absolute Gasteiger partial charge is 0.409 e. The summed E-state index contributed by atoms with van der Waals surface area (Å²) in [6.45, 7) is 5.55. The van der Waals surface area contributed by atoms with Crippen molar-refractivity contribution in [2.24, 2.45) is 0 Å². The van der Waals surface area contributed by atoms with Gasteiger partial charge in [0.15, 0.2) is 0 Å². The molecule has 24 heteroatoms. The third kappa shape index (κ3) is 11.0. The number of hydrogen-bond acceptors (Lipinski definition) is 3. The van der Waals surface area contributed by atoms with Crippen LogP contribution in [0.5, 0.6) is 0 Å². The fraction of sp³-hybridized carbons (Fsp3) is 0.857. The molecule has 0 aromatic rings. The van der Waals surface area contributed by atoms with E-state index in [4.69, 9.17) is 89.8 Å². The lowest BCUT2D eigenvalue weighted by molar-refractivity contribution is 0.102. The second kappa shape index (κ2) is 16.2. The van der Waals surface area contributed by atoms with E-state index in [1.807, 2.05) is 6.92 Å². The van der Waals surface area contributed by atoms with Crippen LogP contribution >= 0.6 is 0 Å². The molecule has 1 fully saturated rings. The number of nitrogens with zero attached hydrogens (tertiary/aromatic N) is 1. The summed E-state index contributed by atoms with van der Waals surface area (Å²) in [6.07, 6.45) is -7.34. The summed E-state index contributed by atoms with van der Waals surface area (Å²) in [5.74, 6) is 0. The van der Waals surface area contributed by atoms with E-state index >= 15 is 0 Å². The second-order valence-corrected chi connectivity index (χ2v) is 7.63. The first-order chi connectivity index (χ1) is 14.4. The summed E-state index contributed by atoms with van der Waals surface area (Å²) in [7, 11) is 63.2. The van der Waals surface area contributed by atoms with Crippen molar-refractivity contribution in [2.75, 3.05) is 32.8 Å². The van der Waals surface area contributed by atoms with Gasteiger partial charge in [-0.3, -0.25) is 0 Å². The Morgan fingerprint density at radius 3 is 1.42 bits per heavy atom. The Kier molecular flexibility index (Phi) is 16.5. The quantitative estimate of drug-likeness (QED) is 0.408. The second-order valence-electron chi connectivity index (χ2n) is 7.63. The summed E-state index contributed by atoms with van der Waals surface area (Å²) >= 11 is 0. The minimum Gasteiger partial charge on any atom is -0.450 e. The molecule has 0 atom stereocenters. The number of hydrogen-bond donors (Lipinski definition) is 1. The van der Waals surface area contributed by atoms with Crippen LogP contribution in [-0.4, -0.2) is 186 Å². The maximum atomic E-state index is 11.1. The van der Waals surface area contributed by atoms with Crippen molar-refractivity contribution in [3.05, 3.63) is 0 Å². The maximum absolute atomic E-state index is 11.1. The van der Waals surface area contributed by atoms with E-state index in [-0.39, 0.29) is 6.09 Å². The van der Waals surface area contributed by atoms with Gasteiger partial charge in [0.05, 0.1) is 6.61 Å². The van der Waals surface area contributed by atoms with E-state index in [0.29, 0.717) is 6.61 Å². The largest absolute Gasteiger partial charge is 0.450 e. The SMILES string of the molecule is CCOC(=O)N1CCNCC1.[B]B([B])B([B])B(B(B([B])[B])B([B])[B])B(B([B])[B])B([B])[B]. The molecule has 1 amide bonds. The molecule has 31 heavy (non-hydrogen) atoms. The number of rotatable bonds is 9. The van der Waals surface area contributed by atoms with Gasteiger partial charge in [-0.1, -0.05) is 0 Å². The van der Waals surface area contributed by atoms with Gasteiger partial charge in [0.2, 0.25) is 0 Å². The fourth-order valence-electron chi connectivity index (χ4n) is 3.63. The first-order valence-corrected chi connectivity index (χ1v) is 10.3. The Morgan fingerprint density at radius 2 is 1.13 bits per heavy atom. The standard InChI is InChI=1S/C7H14N2O2.B20/c1-2-11-7(10)9-5-3-8-4-6-9;1-12(2)17(11)20(18(13(3)4)14(5)6)19(15(7)8)16(9)10/h8H,2-6H2,1H3;. The molecular weight excluding hydrogens is 360 g/mol. The summed E-state index contributed by atoms with van der Waals surface area (Å²) < 4.78 is 4.84. The van der Waals surface area contributed by atoms with Gasteiger partial charge in [-0.05, 0) is 6.92 Å². The summed E-state index contributed by atoms with van der Waals surface area (Å²) in [5, 5.41) is 3.16. The number of nitrogens with one attached hydrogen (secondary N) is 1. The van der Waals surface area contributed by atoms with E-state index in [1.54, 1.807) is 4.90 Å². The number of ether oxygens (including phenoxy) is 1. The van der Waals surface area contributed by atoms with Crippen molar-refractivity contribution in [1.82, 2.24) is 10.2 Å². The van der Waals surface area contributed by atoms with Crippen LogP contribution < -0.4 is 5.32 Å². The normalized spacial score (nSPS) is 12.4. The molecular formula is C7H14B20N2O2. The molecule has 1 heterocycles. The molecule has 0 saturated carbocycles. The van der Waals surface area contributed by atoms with Gasteiger partial charge in [-0.15, -0.1) is 0 Å². The average Bonchev–Trinajstić information content (AvgIpc) is 2.67. The molecule has 1 aliphatic heterocycles. The molecule has 124 valence electrons. The van der Waals surface area contributed by atoms with E-state index in [0.717, 1.165) is 26.2 Å². The summed E-state index contributed by atoms with van der Waals surface area (Å²) in [5.41, 5.74) is 0. The van der Waals surface area contributed by atoms with Crippen LogP contribution in [-0.2, 0) is 4.74 Å². The number of piperazine rings is 1. The lowest BCUT2D eigenvalue weighted by Gasteiger charge is -2.42. The Bertz CT molecular complexity index is 454. The van der Waals surface area contributed by atoms with Crippen molar-refractivity contribution < 1.29 is 9.53 Å². The Hall–Kier alpha value is 0.529. The lowest BCUT2D eigenvalue weighted by atomic mass is 8.39. The molecule has 1 rings (SSSR count). The highest BCUT2D eigenvalue weighted by molar-refractivity contribution is 8.19. The van der Waals surface area contributed by atoms with Crippen molar-refractivity contribution in [2.45, 2.75) is 6.92 Å². The summed E-state index contributed by atoms with van der Waals surface area (Å²) in [6, 6.07) is 0. The molecule has 22 radical (unpaired) electrons. The zero-order valence-corrected chi connectivity index (χ0v) is 18.3. The first kappa shape index (κ1) is 31.5. The Balaban J connectivity index is 0.000000683. The van der Waals surface area contributed by atoms with Gasteiger partial charge in [-0.25, -0.2) is 4.79 Å². The van der Waals surface area contributed by atoms with Gasteiger partial charge in [-0.2, -0.15) is 0 Å². The lowest BCUT2D eigenvalue weighted by Crippen LogP contribution is -2.80. The molecule has 0 spiro atoms. The highest BCUT2D eigenvalue weighted by atomic mass is 16.6. The first-order valence-electron chi connectivity index (χ1n) is 10.3. The van der Waals surface area contributed by atoms with Crippen molar-refractivity contribution in [1.29, 1.82) is 0 Å². The van der Waals surface area contributed by atoms with Gasteiger partial charge < -0.3 is 15.0 Å². The van der Waals surface area contributed by atoms with E-state index in [2.05, 4.69) is 5.32 Å². The Morgan fingerprint density at radius 1 is 0.742 bits per heavy atom. The highest BCUT2D eigenvalue weighted by Gasteiger charge is 2.44. The van der Waals surface area contributed by atoms with Crippen LogP contribution in [0.2, 0.25) is 0 Å². The van der Waals surface area contributed by atoms with Crippen molar-refractivity contribution in [3.8, 4) is 0 Å². The van der Waals surface area contributed by atoms with Crippen LogP contribution in [0.3, 0.4) is 0 Å². The van der Waals surface area contributed by atoms with Gasteiger partial charge in [0.25, 0.3) is 0 Å². The van der Waals surface area contributed by atoms with Crippen LogP contribution in [0.25, 0.3) is 0 Å². The third-order valence-electron chi connectivity index (χ3n) is 5.20. The molecule has 4 nitrogen and oxygen atoms in total. The minimum absolute atomic E-state index is 0.186. The summed E-state index contributed by atoms with van der Waals surface area (Å²) in [4.78, 5) is 12.8. The zero-order valence-electron chi connectivity index (χ0n) is 18.3. The number of amides is 1. The number of carbonyl (C=O) groups excluding carboxylic acids is 1. The van der Waals surface area contributed by atoms with E-state index in [1.165, 1.54) is 0 Å². The van der Waals surface area contributed by atoms with Gasteiger partial charge in [0.1, 0.15) is 0 Å². The van der Waals surface area contributed by atoms with Crippen LogP contribution in [0.15, 0.2) is 0 Å². The van der Waals surface area contributed by atoms with Crippen LogP contribution in [0.4, 0.5) is 4.79 Å². The molecule has 0 bridgehead atoms. The van der Waals surface area contributed by atoms with Crippen molar-refractivity contribution in [3.63, 3.8) is 0 Å². The predicted molar refractivity (Wildman–Crippen MR) is 157 cm³/mol. The monoisotopic (exact) mass is 378 g/mol. The molecule has 0 aromatic heterocycles. The molecule has 0 unspecified atom stereocenters. The van der Waals surface area contributed by atoms with Crippen molar-refractivity contribution >= 4 is 149 Å². The molecule has 1 aliphatic rings. The minimum atomic E-state index is -0.889. The zero-order chi connectivity index (χ0) is 24.3. The predicted octanol–water partition coefficient (Wildman–Crippen LogP) is -7.57. The Labute approximate surface area is 207 Å². The molecule has 1 saturated heterocycles. The molecule has 0 aliphatic carbocycles. The topological polar surface area (TPSA) is 41.6 Å². The maximum Gasteiger partial charge on any atom is 0.409 e. The molecule has 1 N–H and O–H groups in total. The molecule has 0 aromatic carbocycles. The van der Waals surface area contributed by atoms with Gasteiger partial charge in [0, 0.05) is 169 Å². The highest BCUT2D eigenvalue weighted by Crippen LogP contribution is 2.06. The third-order valence-corrected chi connectivity index (χ3v) is 5.20. The fourth-order valence-corrected chi connectivity index (χ4v) is 3.63. The van der Waals surface area contributed by atoms with Gasteiger partial charge >= 0.3 is 6.09 Å².